The van der Waals surface area contributed by atoms with Gasteiger partial charge >= 0.3 is 0 Å². The van der Waals surface area contributed by atoms with E-state index in [0.29, 0.717) is 16.8 Å². The van der Waals surface area contributed by atoms with Crippen molar-refractivity contribution in [2.24, 2.45) is 10.8 Å². The van der Waals surface area contributed by atoms with E-state index in [4.69, 9.17) is 13.7 Å². The molecule has 0 spiro atoms. The maximum Gasteiger partial charge on any atom is 0.164 e. The van der Waals surface area contributed by atoms with E-state index in [1.165, 1.54) is 56.8 Å². The van der Waals surface area contributed by atoms with E-state index in [-0.39, 0.29) is 157 Å². The fourth-order valence-electron chi connectivity index (χ4n) is 12.2. The Kier molecular flexibility index (Phi) is 37.5. The van der Waals surface area contributed by atoms with Crippen molar-refractivity contribution in [3.8, 4) is 123 Å². The number of hydrogen-bond acceptors (Lipinski definition) is 9. The van der Waals surface area contributed by atoms with Crippen molar-refractivity contribution < 1.29 is 104 Å². The smallest absolute Gasteiger partial charge is 0.164 e. The number of ketones is 1. The minimum atomic E-state index is -0.417. The predicted octanol–water partition coefficient (Wildman–Crippen LogP) is 29.1. The Labute approximate surface area is 837 Å². The minimum absolute atomic E-state index is 0. The van der Waals surface area contributed by atoms with Gasteiger partial charge in [-0.2, -0.15) is 0 Å². The quantitative estimate of drug-likeness (QED) is 0.0722. The molecule has 13 heteroatoms. The normalized spacial score (nSPS) is 11.4. The van der Waals surface area contributed by atoms with Gasteiger partial charge < -0.3 is 40.0 Å². The molecule has 0 atom stereocenters. The van der Waals surface area contributed by atoms with E-state index in [1.807, 2.05) is 304 Å². The molecular formula is C117H102Ir4N7O2-7. The zero-order chi connectivity index (χ0) is 97.4. The second kappa shape index (κ2) is 54.6. The SMILES string of the molecule is CC(C)(C)C(=O)C=C(O)C(C)(C)C.Cc1cc(-c2[c-]cccc2)ncc1-c1ccccc1.Cc1cc(-c2[c-]cccc2)ncc1-c1ccccc1.Cc1cccnc1-c1[c-]cccc1.Cc1cccnc1-c1[c-]cccc1.[2H]c1c([2H])c([2H])c(-c2ccc(-c3[c-]cccc3)nc2)c([2H])c1[2H].[2H]c1c([2H])c([2H])c(-c2cnc(-c3[c-]cccc3)cc2C)c([2H])c1[2H].[Ir].[Ir].[Ir].[Ir].[c-]1ccccc1-c1ccccn1. The van der Waals surface area contributed by atoms with E-state index >= 15 is 0 Å². The van der Waals surface area contributed by atoms with Crippen LogP contribution in [0.25, 0.3) is 123 Å². The molecule has 18 rings (SSSR count). The van der Waals surface area contributed by atoms with Gasteiger partial charge in [-0.1, -0.05) is 228 Å². The zero-order valence-corrected chi connectivity index (χ0v) is 83.4. The standard InChI is InChI=1S/3C18H14N.C17H12N.2C12H10N.C11H8N.C11H20O2.4Ir/c3*1-14-12-18(16-10-6-3-7-11-16)19-13-17(14)15-8-4-2-5-9-15;1-3-7-14(8-4-1)16-11-12-17(18-13-16)15-9-5-2-6-10-15;2*1-10-6-5-9-13-12(10)11-7-3-2-4-8-11;1-2-6-10(7-3-1)11-8-4-5-9-12-11;1-10(2,3)8(12)7-9(13)11(4,5)6;;;;/h3*2-10,12-13H,1H3;1-9,11-13H;2*2-7,9H,1H3;1-6,8-9H;7,12H,1-6H3;;;;/q7*-1;;;;;/i2D,4D,5D,8D,9D;;;1D,3D,4D,7D,8D;;;;;;;;. The van der Waals surface area contributed by atoms with Crippen LogP contribution in [0.15, 0.2) is 419 Å². The van der Waals surface area contributed by atoms with Crippen molar-refractivity contribution >= 4 is 5.78 Å². The predicted molar refractivity (Wildman–Crippen MR) is 520 cm³/mol. The van der Waals surface area contributed by atoms with Crippen LogP contribution >= 0.6 is 0 Å². The molecule has 0 aliphatic carbocycles. The first-order valence-corrected chi connectivity index (χ1v) is 41.0. The summed E-state index contributed by atoms with van der Waals surface area (Å²) in [6, 6.07) is 117. The molecule has 0 saturated carbocycles. The van der Waals surface area contributed by atoms with Gasteiger partial charge in [0.2, 0.25) is 0 Å². The molecule has 7 aromatic heterocycles. The van der Waals surface area contributed by atoms with Crippen LogP contribution < -0.4 is 0 Å². The number of aromatic nitrogens is 7. The average Bonchev–Trinajstić information content (AvgIpc) is 0.747. The summed E-state index contributed by atoms with van der Waals surface area (Å²) in [6.45, 7) is 21.3. The third-order valence-corrected chi connectivity index (χ3v) is 19.1. The molecule has 0 aliphatic rings. The average molecular weight is 2420 g/mol. The molecule has 0 unspecified atom stereocenters. The Morgan fingerprint density at radius 1 is 0.285 bits per heavy atom. The largest absolute Gasteiger partial charge is 0.512 e. The summed E-state index contributed by atoms with van der Waals surface area (Å²) in [5.74, 6) is 0.104. The molecule has 660 valence electrons. The van der Waals surface area contributed by atoms with E-state index in [1.54, 1.807) is 36.7 Å². The van der Waals surface area contributed by atoms with Crippen LogP contribution in [0.1, 0.15) is 83.1 Å². The van der Waals surface area contributed by atoms with E-state index in [0.717, 1.165) is 78.7 Å². The van der Waals surface area contributed by atoms with Crippen molar-refractivity contribution in [3.63, 3.8) is 0 Å². The molecule has 18 aromatic rings. The van der Waals surface area contributed by atoms with Gasteiger partial charge in [0.25, 0.3) is 0 Å². The molecule has 0 fully saturated rings. The van der Waals surface area contributed by atoms with Crippen molar-refractivity contribution in [1.29, 1.82) is 0 Å². The molecule has 11 aromatic carbocycles. The van der Waals surface area contributed by atoms with Gasteiger partial charge in [0.05, 0.1) is 13.7 Å². The Bertz CT molecular complexity index is 6680. The zero-order valence-electron chi connectivity index (χ0n) is 83.8. The van der Waals surface area contributed by atoms with Gasteiger partial charge in [-0.05, 0) is 137 Å². The summed E-state index contributed by atoms with van der Waals surface area (Å²) in [7, 11) is 0. The number of aliphatic hydroxyl groups excluding tert-OH is 1. The third kappa shape index (κ3) is 32.8. The van der Waals surface area contributed by atoms with Crippen LogP contribution in [-0.2, 0) is 85.2 Å². The first-order valence-electron chi connectivity index (χ1n) is 46.0. The second-order valence-corrected chi connectivity index (χ2v) is 30.7. The molecular weight excluding hydrogens is 2300 g/mol. The number of carbonyl (C=O) groups is 1. The van der Waals surface area contributed by atoms with Gasteiger partial charge in [-0.3, -0.25) is 4.79 Å². The number of pyridine rings is 7. The van der Waals surface area contributed by atoms with Gasteiger partial charge in [0, 0.05) is 157 Å². The van der Waals surface area contributed by atoms with Crippen LogP contribution in [-0.4, -0.2) is 45.8 Å². The number of aliphatic hydroxyl groups is 1. The van der Waals surface area contributed by atoms with Crippen LogP contribution in [0, 0.1) is 87.9 Å². The molecule has 0 bridgehead atoms. The monoisotopic (exact) mass is 2420 g/mol. The maximum atomic E-state index is 11.5. The number of hydrogen-bond donors (Lipinski definition) is 1. The molecule has 1 N–H and O–H groups in total. The van der Waals surface area contributed by atoms with E-state index < -0.39 is 17.5 Å². The number of rotatable bonds is 12. The Morgan fingerprint density at radius 2 is 0.592 bits per heavy atom. The Hall–Kier alpha value is -12.7. The minimum Gasteiger partial charge on any atom is -0.512 e. The summed E-state index contributed by atoms with van der Waals surface area (Å²) < 4.78 is 78.5. The number of nitrogens with zero attached hydrogens (tertiary/aromatic N) is 7. The molecule has 7 heterocycles. The fourth-order valence-corrected chi connectivity index (χ4v) is 12.2. The number of aryl methyl sites for hydroxylation is 5. The fraction of sp³-hybridized carbons (Fsp3) is 0.111. The summed E-state index contributed by atoms with van der Waals surface area (Å²) >= 11 is 0. The number of carbonyl (C=O) groups excluding carboxylic acids is 1. The first-order chi connectivity index (χ1) is 65.4. The number of benzene rings is 11. The third-order valence-electron chi connectivity index (χ3n) is 19.1. The van der Waals surface area contributed by atoms with E-state index in [9.17, 15) is 9.90 Å². The summed E-state index contributed by atoms with van der Waals surface area (Å²) in [5, 5.41) is 9.56. The Morgan fingerprint density at radius 3 is 0.892 bits per heavy atom. The van der Waals surface area contributed by atoms with Gasteiger partial charge in [0.1, 0.15) is 5.76 Å². The van der Waals surface area contributed by atoms with Crippen LogP contribution in [0.2, 0.25) is 0 Å². The van der Waals surface area contributed by atoms with Gasteiger partial charge in [-0.15, -0.1) is 251 Å². The second-order valence-electron chi connectivity index (χ2n) is 30.7. The number of allylic oxidation sites excluding steroid dienone is 2. The van der Waals surface area contributed by atoms with Gasteiger partial charge in [0.15, 0.2) is 5.78 Å². The summed E-state index contributed by atoms with van der Waals surface area (Å²) in [4.78, 5) is 42.2. The Balaban J connectivity index is 0.000000219. The summed E-state index contributed by atoms with van der Waals surface area (Å²) in [6.07, 6.45) is 13.7. The molecule has 0 amide bonds. The topological polar surface area (TPSA) is 128 Å². The molecule has 4 radical (unpaired) electrons. The first kappa shape index (κ1) is 89.3. The van der Waals surface area contributed by atoms with Crippen LogP contribution in [0.4, 0.5) is 0 Å². The maximum absolute atomic E-state index is 11.5. The van der Waals surface area contributed by atoms with Crippen molar-refractivity contribution in [3.05, 3.63) is 489 Å². The molecule has 0 aliphatic heterocycles. The molecule has 0 saturated heterocycles. The van der Waals surface area contributed by atoms with Gasteiger partial charge in [-0.25, -0.2) is 0 Å². The van der Waals surface area contributed by atoms with Crippen molar-refractivity contribution in [1.82, 2.24) is 34.9 Å². The molecule has 9 nitrogen and oxygen atoms in total. The van der Waals surface area contributed by atoms with Crippen molar-refractivity contribution in [2.75, 3.05) is 0 Å². The summed E-state index contributed by atoms with van der Waals surface area (Å²) in [5.41, 5.74) is 24.3. The van der Waals surface area contributed by atoms with Crippen molar-refractivity contribution in [2.45, 2.75) is 76.2 Å². The molecule has 130 heavy (non-hydrogen) atoms. The van der Waals surface area contributed by atoms with Crippen LogP contribution in [0.3, 0.4) is 0 Å². The van der Waals surface area contributed by atoms with E-state index in [2.05, 4.69) is 154 Å². The van der Waals surface area contributed by atoms with Crippen LogP contribution in [0.5, 0.6) is 0 Å².